The van der Waals surface area contributed by atoms with Crippen molar-refractivity contribution < 1.29 is 18.8 Å². The van der Waals surface area contributed by atoms with Gasteiger partial charge in [-0.2, -0.15) is 0 Å². The lowest BCUT2D eigenvalue weighted by atomic mass is 9.97. The number of likely N-dealkylation sites (tertiary alicyclic amines) is 1. The zero-order valence-corrected chi connectivity index (χ0v) is 18.4. The lowest BCUT2D eigenvalue weighted by Gasteiger charge is -2.31. The monoisotopic (exact) mass is 447 g/mol. The number of rotatable bonds is 7. The van der Waals surface area contributed by atoms with Crippen molar-refractivity contribution in [2.45, 2.75) is 33.1 Å². The number of aromatic nitrogens is 2. The summed E-state index contributed by atoms with van der Waals surface area (Å²) in [6, 6.07) is 5.33. The molecule has 8 nitrogen and oxygen atoms in total. The maximum absolute atomic E-state index is 13.0. The molecule has 1 aromatic carbocycles. The summed E-state index contributed by atoms with van der Waals surface area (Å²) in [5.74, 6) is -1.04. The van der Waals surface area contributed by atoms with Gasteiger partial charge in [-0.25, -0.2) is 4.39 Å². The Labute approximate surface area is 184 Å². The molecule has 3 rings (SSSR count). The Morgan fingerprint density at radius 2 is 1.90 bits per heavy atom. The fourth-order valence-electron chi connectivity index (χ4n) is 3.26. The number of piperidine rings is 1. The average Bonchev–Trinajstić information content (AvgIpc) is 3.25. The van der Waals surface area contributed by atoms with Crippen molar-refractivity contribution in [3.05, 3.63) is 40.1 Å². The van der Waals surface area contributed by atoms with Gasteiger partial charge in [0.25, 0.3) is 11.8 Å². The molecule has 1 aromatic heterocycles. The Morgan fingerprint density at radius 3 is 2.61 bits per heavy atom. The van der Waals surface area contributed by atoms with Gasteiger partial charge in [0.1, 0.15) is 5.82 Å². The SMILES string of the molecule is CC(C)CCNC(=O)[C@H]1CCCN(C(=O)c2nnc(C(=O)Nc3ccc(F)cc3)s2)C1. The van der Waals surface area contributed by atoms with Gasteiger partial charge in [0.05, 0.1) is 5.92 Å². The molecule has 0 saturated carbocycles. The van der Waals surface area contributed by atoms with E-state index in [2.05, 4.69) is 34.7 Å². The molecule has 10 heteroatoms. The Bertz CT molecular complexity index is 931. The first kappa shape index (κ1) is 22.8. The Balaban J connectivity index is 1.57. The molecule has 0 bridgehead atoms. The zero-order valence-electron chi connectivity index (χ0n) is 17.6. The predicted octanol–water partition coefficient (Wildman–Crippen LogP) is 2.94. The van der Waals surface area contributed by atoms with Crippen LogP contribution in [0, 0.1) is 17.7 Å². The van der Waals surface area contributed by atoms with Crippen molar-refractivity contribution in [3.63, 3.8) is 0 Å². The number of hydrogen-bond donors (Lipinski definition) is 2. The van der Waals surface area contributed by atoms with Gasteiger partial charge in [0, 0.05) is 25.3 Å². The molecule has 2 heterocycles. The highest BCUT2D eigenvalue weighted by Crippen LogP contribution is 2.21. The largest absolute Gasteiger partial charge is 0.356 e. The maximum Gasteiger partial charge on any atom is 0.286 e. The quantitative estimate of drug-likeness (QED) is 0.679. The molecule has 1 fully saturated rings. The molecule has 166 valence electrons. The van der Waals surface area contributed by atoms with Gasteiger partial charge in [0.15, 0.2) is 0 Å². The molecule has 0 radical (unpaired) electrons. The number of nitrogens with zero attached hydrogens (tertiary/aromatic N) is 3. The predicted molar refractivity (Wildman–Crippen MR) is 115 cm³/mol. The smallest absolute Gasteiger partial charge is 0.286 e. The summed E-state index contributed by atoms with van der Waals surface area (Å²) in [6.45, 7) is 5.69. The molecule has 2 aromatic rings. The number of carbonyl (C=O) groups excluding carboxylic acids is 3. The van der Waals surface area contributed by atoms with Crippen LogP contribution in [0.1, 0.15) is 52.7 Å². The second kappa shape index (κ2) is 10.4. The number of anilines is 1. The van der Waals surface area contributed by atoms with E-state index in [0.29, 0.717) is 31.2 Å². The molecule has 1 saturated heterocycles. The van der Waals surface area contributed by atoms with E-state index in [4.69, 9.17) is 0 Å². The van der Waals surface area contributed by atoms with E-state index in [1.807, 2.05) is 0 Å². The van der Waals surface area contributed by atoms with Gasteiger partial charge < -0.3 is 15.5 Å². The lowest BCUT2D eigenvalue weighted by Crippen LogP contribution is -2.45. The van der Waals surface area contributed by atoms with Gasteiger partial charge >= 0.3 is 0 Å². The molecule has 3 amide bonds. The highest BCUT2D eigenvalue weighted by Gasteiger charge is 2.30. The lowest BCUT2D eigenvalue weighted by molar-refractivity contribution is -0.126. The third-order valence-corrected chi connectivity index (χ3v) is 5.91. The first-order valence-corrected chi connectivity index (χ1v) is 11.1. The van der Waals surface area contributed by atoms with Crippen molar-refractivity contribution in [1.82, 2.24) is 20.4 Å². The van der Waals surface area contributed by atoms with Gasteiger partial charge in [0.2, 0.25) is 15.9 Å². The molecule has 1 atom stereocenters. The number of benzene rings is 1. The first-order valence-electron chi connectivity index (χ1n) is 10.3. The van der Waals surface area contributed by atoms with Crippen LogP contribution in [0.25, 0.3) is 0 Å². The van der Waals surface area contributed by atoms with Crippen molar-refractivity contribution in [1.29, 1.82) is 0 Å². The molecular weight excluding hydrogens is 421 g/mol. The fraction of sp³-hybridized carbons (Fsp3) is 0.476. The zero-order chi connectivity index (χ0) is 22.4. The molecule has 0 unspecified atom stereocenters. The summed E-state index contributed by atoms with van der Waals surface area (Å²) in [4.78, 5) is 39.2. The molecule has 0 spiro atoms. The Hall–Kier alpha value is -2.88. The number of carbonyl (C=O) groups is 3. The van der Waals surface area contributed by atoms with Crippen LogP contribution in [0.5, 0.6) is 0 Å². The van der Waals surface area contributed by atoms with E-state index in [9.17, 15) is 18.8 Å². The van der Waals surface area contributed by atoms with E-state index < -0.39 is 11.7 Å². The minimum atomic E-state index is -0.524. The molecular formula is C21H26FN5O3S. The summed E-state index contributed by atoms with van der Waals surface area (Å²) in [5, 5.41) is 13.4. The van der Waals surface area contributed by atoms with Crippen LogP contribution >= 0.6 is 11.3 Å². The van der Waals surface area contributed by atoms with Crippen LogP contribution in [0.15, 0.2) is 24.3 Å². The van der Waals surface area contributed by atoms with Gasteiger partial charge in [-0.05, 0) is 49.4 Å². The van der Waals surface area contributed by atoms with Crippen molar-refractivity contribution in [2.24, 2.45) is 11.8 Å². The molecule has 2 N–H and O–H groups in total. The van der Waals surface area contributed by atoms with Crippen molar-refractivity contribution in [2.75, 3.05) is 25.0 Å². The van der Waals surface area contributed by atoms with Gasteiger partial charge in [-0.1, -0.05) is 25.2 Å². The average molecular weight is 448 g/mol. The van der Waals surface area contributed by atoms with Gasteiger partial charge in [-0.3, -0.25) is 14.4 Å². The van der Waals surface area contributed by atoms with Crippen LogP contribution in [-0.4, -0.2) is 52.5 Å². The minimum absolute atomic E-state index is 0.0326. The van der Waals surface area contributed by atoms with Crippen LogP contribution in [-0.2, 0) is 4.79 Å². The fourth-order valence-corrected chi connectivity index (χ4v) is 3.97. The number of halogens is 1. The summed E-state index contributed by atoms with van der Waals surface area (Å²) >= 11 is 0.892. The van der Waals surface area contributed by atoms with E-state index in [1.165, 1.54) is 24.3 Å². The summed E-state index contributed by atoms with van der Waals surface area (Å²) in [5.41, 5.74) is 0.414. The van der Waals surface area contributed by atoms with E-state index in [0.717, 1.165) is 30.6 Å². The standard InChI is InChI=1S/C21H26FN5O3S/c1-13(2)9-10-23-17(28)14-4-3-11-27(12-14)21(30)20-26-25-19(31-20)18(29)24-16-7-5-15(22)6-8-16/h5-8,13-14H,3-4,9-12H2,1-2H3,(H,23,28)(H,24,29)/t14-/m0/s1. The number of hydrogen-bond acceptors (Lipinski definition) is 6. The third-order valence-electron chi connectivity index (χ3n) is 5.00. The van der Waals surface area contributed by atoms with Crippen LogP contribution in [0.2, 0.25) is 0 Å². The number of amides is 3. The highest BCUT2D eigenvalue weighted by atomic mass is 32.1. The summed E-state index contributed by atoms with van der Waals surface area (Å²) < 4.78 is 13.0. The summed E-state index contributed by atoms with van der Waals surface area (Å²) in [7, 11) is 0. The minimum Gasteiger partial charge on any atom is -0.356 e. The molecule has 1 aliphatic heterocycles. The normalized spacial score (nSPS) is 16.3. The summed E-state index contributed by atoms with van der Waals surface area (Å²) in [6.07, 6.45) is 2.37. The highest BCUT2D eigenvalue weighted by molar-refractivity contribution is 7.15. The second-order valence-electron chi connectivity index (χ2n) is 7.94. The number of nitrogens with one attached hydrogen (secondary N) is 2. The van der Waals surface area contributed by atoms with E-state index in [-0.39, 0.29) is 27.7 Å². The van der Waals surface area contributed by atoms with Crippen molar-refractivity contribution >= 4 is 34.7 Å². The molecule has 0 aliphatic carbocycles. The van der Waals surface area contributed by atoms with E-state index >= 15 is 0 Å². The topological polar surface area (TPSA) is 104 Å². The molecule has 1 aliphatic rings. The first-order chi connectivity index (χ1) is 14.8. The second-order valence-corrected chi connectivity index (χ2v) is 8.91. The Kier molecular flexibility index (Phi) is 7.67. The van der Waals surface area contributed by atoms with Crippen LogP contribution < -0.4 is 10.6 Å². The van der Waals surface area contributed by atoms with E-state index in [1.54, 1.807) is 4.90 Å². The van der Waals surface area contributed by atoms with Crippen LogP contribution in [0.3, 0.4) is 0 Å². The van der Waals surface area contributed by atoms with Crippen LogP contribution in [0.4, 0.5) is 10.1 Å². The Morgan fingerprint density at radius 1 is 1.19 bits per heavy atom. The van der Waals surface area contributed by atoms with Crippen molar-refractivity contribution in [3.8, 4) is 0 Å². The molecule has 31 heavy (non-hydrogen) atoms. The van der Waals surface area contributed by atoms with Gasteiger partial charge in [-0.15, -0.1) is 10.2 Å². The maximum atomic E-state index is 13.0. The third kappa shape index (κ3) is 6.30.